The van der Waals surface area contributed by atoms with E-state index in [1.807, 2.05) is 6.07 Å². The normalized spacial score (nSPS) is 27.6. The molecule has 2 heteroatoms. The molecule has 2 unspecified atom stereocenters. The average Bonchev–Trinajstić information content (AvgIpc) is 2.47. The summed E-state index contributed by atoms with van der Waals surface area (Å²) in [6.07, 6.45) is 6.24. The Labute approximate surface area is 108 Å². The molecule has 96 valence electrons. The van der Waals surface area contributed by atoms with Crippen LogP contribution >= 0.6 is 0 Å². The summed E-state index contributed by atoms with van der Waals surface area (Å²) in [4.78, 5) is 12.6. The van der Waals surface area contributed by atoms with Crippen LogP contribution < -0.4 is 0 Å². The van der Waals surface area contributed by atoms with Gasteiger partial charge in [-0.2, -0.15) is 0 Å². The van der Waals surface area contributed by atoms with E-state index in [1.54, 1.807) is 0 Å². The van der Waals surface area contributed by atoms with Crippen LogP contribution in [-0.2, 0) is 16.0 Å². The Morgan fingerprint density at radius 3 is 2.83 bits per heavy atom. The molecule has 0 bridgehead atoms. The van der Waals surface area contributed by atoms with Crippen molar-refractivity contribution in [3.63, 3.8) is 0 Å². The van der Waals surface area contributed by atoms with Crippen LogP contribution in [0, 0.1) is 0 Å². The van der Waals surface area contributed by atoms with Crippen molar-refractivity contribution in [2.45, 2.75) is 50.5 Å². The highest BCUT2D eigenvalue weighted by Gasteiger charge is 2.32. The first-order chi connectivity index (χ1) is 8.86. The van der Waals surface area contributed by atoms with Crippen molar-refractivity contribution in [1.29, 1.82) is 0 Å². The van der Waals surface area contributed by atoms with Crippen molar-refractivity contribution in [1.82, 2.24) is 0 Å². The molecule has 1 aromatic carbocycles. The fourth-order valence-electron chi connectivity index (χ4n) is 3.24. The fourth-order valence-corrected chi connectivity index (χ4v) is 3.24. The quantitative estimate of drug-likeness (QED) is 0.798. The molecule has 1 heterocycles. The Kier molecular flexibility index (Phi) is 3.46. The van der Waals surface area contributed by atoms with Crippen LogP contribution in [0.25, 0.3) is 0 Å². The summed E-state index contributed by atoms with van der Waals surface area (Å²) >= 11 is 0. The number of ether oxygens (including phenoxy) is 1. The lowest BCUT2D eigenvalue weighted by molar-refractivity contribution is -0.135. The lowest BCUT2D eigenvalue weighted by atomic mass is 9.78. The van der Waals surface area contributed by atoms with Crippen LogP contribution in [0.3, 0.4) is 0 Å². The smallest absolute Gasteiger partial charge is 0.168 e. The zero-order valence-electron chi connectivity index (χ0n) is 10.7. The number of Topliss-reactive ketones (excluding diaryl/α,β-unsaturated/α-hetero) is 1. The number of carbonyl (C=O) groups excluding carboxylic acids is 1. The summed E-state index contributed by atoms with van der Waals surface area (Å²) in [5, 5.41) is 0. The predicted molar refractivity (Wildman–Crippen MR) is 70.7 cm³/mol. The summed E-state index contributed by atoms with van der Waals surface area (Å²) in [5.74, 6) is 0.403. The number of rotatable bonds is 2. The third-order valence-corrected chi connectivity index (χ3v) is 4.21. The lowest BCUT2D eigenvalue weighted by Crippen LogP contribution is -2.33. The van der Waals surface area contributed by atoms with Crippen LogP contribution in [0.4, 0.5) is 0 Å². The fraction of sp³-hybridized carbons (Fsp3) is 0.562. The summed E-state index contributed by atoms with van der Waals surface area (Å²) < 4.78 is 5.66. The molecule has 1 aromatic rings. The van der Waals surface area contributed by atoms with Crippen molar-refractivity contribution in [3.8, 4) is 0 Å². The van der Waals surface area contributed by atoms with Gasteiger partial charge in [-0.05, 0) is 49.7 Å². The van der Waals surface area contributed by atoms with Crippen molar-refractivity contribution >= 4 is 5.78 Å². The SMILES string of the molecule is O=C(C1CCCCO1)C1CCCc2ccccc21. The minimum Gasteiger partial charge on any atom is -0.370 e. The first-order valence-electron chi connectivity index (χ1n) is 7.09. The molecule has 2 nitrogen and oxygen atoms in total. The standard InChI is InChI=1S/C16H20O2/c17-16(15-10-3-4-11-18-15)14-9-5-7-12-6-1-2-8-13(12)14/h1-2,6,8,14-15H,3-5,7,9-11H2. The Morgan fingerprint density at radius 1 is 1.11 bits per heavy atom. The van der Waals surface area contributed by atoms with Crippen LogP contribution in [0.2, 0.25) is 0 Å². The Morgan fingerprint density at radius 2 is 2.00 bits per heavy atom. The summed E-state index contributed by atoms with van der Waals surface area (Å²) in [7, 11) is 0. The largest absolute Gasteiger partial charge is 0.370 e. The molecule has 0 N–H and O–H groups in total. The number of hydrogen-bond donors (Lipinski definition) is 0. The van der Waals surface area contributed by atoms with Gasteiger partial charge in [0.05, 0.1) is 0 Å². The molecule has 18 heavy (non-hydrogen) atoms. The molecule has 1 aliphatic heterocycles. The molecule has 0 radical (unpaired) electrons. The van der Waals surface area contributed by atoms with E-state index in [4.69, 9.17) is 4.74 Å². The topological polar surface area (TPSA) is 26.3 Å². The van der Waals surface area contributed by atoms with Gasteiger partial charge in [0.1, 0.15) is 6.10 Å². The second-order valence-electron chi connectivity index (χ2n) is 5.40. The van der Waals surface area contributed by atoms with Gasteiger partial charge in [-0.25, -0.2) is 0 Å². The summed E-state index contributed by atoms with van der Waals surface area (Å²) in [6.45, 7) is 0.755. The maximum atomic E-state index is 12.6. The van der Waals surface area contributed by atoms with Crippen LogP contribution in [-0.4, -0.2) is 18.5 Å². The summed E-state index contributed by atoms with van der Waals surface area (Å²) in [5.41, 5.74) is 2.61. The van der Waals surface area contributed by atoms with Crippen molar-refractivity contribution in [2.24, 2.45) is 0 Å². The van der Waals surface area contributed by atoms with Crippen LogP contribution in [0.15, 0.2) is 24.3 Å². The van der Waals surface area contributed by atoms with E-state index in [1.165, 1.54) is 11.1 Å². The second kappa shape index (κ2) is 5.23. The van der Waals surface area contributed by atoms with Crippen molar-refractivity contribution < 1.29 is 9.53 Å². The lowest BCUT2D eigenvalue weighted by Gasteiger charge is -2.29. The highest BCUT2D eigenvalue weighted by molar-refractivity contribution is 5.90. The van der Waals surface area contributed by atoms with E-state index in [2.05, 4.69) is 18.2 Å². The first kappa shape index (κ1) is 11.9. The second-order valence-corrected chi connectivity index (χ2v) is 5.40. The minimum atomic E-state index is -0.144. The molecular weight excluding hydrogens is 224 g/mol. The molecule has 0 amide bonds. The molecule has 0 spiro atoms. The van der Waals surface area contributed by atoms with Crippen molar-refractivity contribution in [2.75, 3.05) is 6.61 Å². The maximum Gasteiger partial charge on any atom is 0.168 e. The van der Waals surface area contributed by atoms with Gasteiger partial charge >= 0.3 is 0 Å². The molecule has 2 atom stereocenters. The van der Waals surface area contributed by atoms with E-state index in [-0.39, 0.29) is 12.0 Å². The number of fused-ring (bicyclic) bond motifs is 1. The zero-order chi connectivity index (χ0) is 12.4. The number of aryl methyl sites for hydroxylation is 1. The first-order valence-corrected chi connectivity index (χ1v) is 7.09. The molecule has 1 fully saturated rings. The van der Waals surface area contributed by atoms with E-state index < -0.39 is 0 Å². The van der Waals surface area contributed by atoms with E-state index in [9.17, 15) is 4.79 Å². The number of benzene rings is 1. The molecule has 3 rings (SSSR count). The van der Waals surface area contributed by atoms with Gasteiger partial charge in [-0.1, -0.05) is 24.3 Å². The molecule has 2 aliphatic rings. The van der Waals surface area contributed by atoms with Gasteiger partial charge in [0.25, 0.3) is 0 Å². The van der Waals surface area contributed by atoms with Crippen LogP contribution in [0.1, 0.15) is 49.1 Å². The highest BCUT2D eigenvalue weighted by Crippen LogP contribution is 2.34. The summed E-state index contributed by atoms with van der Waals surface area (Å²) in [6, 6.07) is 8.41. The van der Waals surface area contributed by atoms with Gasteiger partial charge in [0.2, 0.25) is 0 Å². The Bertz CT molecular complexity index is 432. The number of carbonyl (C=O) groups is 1. The predicted octanol–water partition coefficient (Wildman–Crippen LogP) is 3.24. The van der Waals surface area contributed by atoms with Crippen molar-refractivity contribution in [3.05, 3.63) is 35.4 Å². The molecule has 0 aromatic heterocycles. The number of ketones is 1. The Balaban J connectivity index is 1.82. The van der Waals surface area contributed by atoms with E-state index >= 15 is 0 Å². The van der Waals surface area contributed by atoms with Gasteiger partial charge < -0.3 is 4.74 Å². The van der Waals surface area contributed by atoms with E-state index in [0.29, 0.717) is 5.78 Å². The molecule has 1 aliphatic carbocycles. The third kappa shape index (κ3) is 2.22. The minimum absolute atomic E-state index is 0.0815. The monoisotopic (exact) mass is 244 g/mol. The van der Waals surface area contributed by atoms with E-state index in [0.717, 1.165) is 45.1 Å². The zero-order valence-corrected chi connectivity index (χ0v) is 10.7. The molecule has 1 saturated heterocycles. The van der Waals surface area contributed by atoms with Gasteiger partial charge in [-0.3, -0.25) is 4.79 Å². The highest BCUT2D eigenvalue weighted by atomic mass is 16.5. The van der Waals surface area contributed by atoms with Gasteiger partial charge in [0.15, 0.2) is 5.78 Å². The number of hydrogen-bond acceptors (Lipinski definition) is 2. The maximum absolute atomic E-state index is 12.6. The molecular formula is C16H20O2. The average molecular weight is 244 g/mol. The molecule has 0 saturated carbocycles. The Hall–Kier alpha value is -1.15. The third-order valence-electron chi connectivity index (χ3n) is 4.21. The van der Waals surface area contributed by atoms with Gasteiger partial charge in [0, 0.05) is 12.5 Å². The van der Waals surface area contributed by atoms with Crippen LogP contribution in [0.5, 0.6) is 0 Å². The van der Waals surface area contributed by atoms with Gasteiger partial charge in [-0.15, -0.1) is 0 Å².